The number of thioether (sulfide) groups is 1. The lowest BCUT2D eigenvalue weighted by molar-refractivity contribution is -0.145. The van der Waals surface area contributed by atoms with Gasteiger partial charge in [-0.2, -0.15) is 0 Å². The normalized spacial score (nSPS) is 14.6. The lowest BCUT2D eigenvalue weighted by Gasteiger charge is -2.17. The molecule has 0 saturated carbocycles. The number of amides is 4. The molecule has 0 aromatic carbocycles. The highest BCUT2D eigenvalue weighted by Crippen LogP contribution is 2.17. The van der Waals surface area contributed by atoms with Crippen LogP contribution in [0.15, 0.2) is 0 Å². The van der Waals surface area contributed by atoms with Crippen LogP contribution in [0.25, 0.3) is 0 Å². The maximum absolute atomic E-state index is 11.7. The maximum Gasteiger partial charge on any atom is 0.311 e. The zero-order chi connectivity index (χ0) is 15.1. The molecule has 1 heterocycles. The summed E-state index contributed by atoms with van der Waals surface area (Å²) in [7, 11) is 1.57. The second kappa shape index (κ2) is 7.88. The Bertz CT molecular complexity index is 398. The lowest BCUT2D eigenvalue weighted by Crippen LogP contribution is -2.44. The van der Waals surface area contributed by atoms with Gasteiger partial charge in [-0.1, -0.05) is 25.1 Å². The van der Waals surface area contributed by atoms with Gasteiger partial charge in [0.05, 0.1) is 5.75 Å². The summed E-state index contributed by atoms with van der Waals surface area (Å²) >= 11 is 0.942. The molecule has 0 radical (unpaired) electrons. The number of hydrogen-bond donors (Lipinski definition) is 1. The number of carbonyl (C=O) groups excluding carboxylic acids is 4. The molecule has 8 heteroatoms. The molecule has 0 unspecified atom stereocenters. The Kier molecular flexibility index (Phi) is 6.50. The summed E-state index contributed by atoms with van der Waals surface area (Å²) in [5.41, 5.74) is 0. The minimum absolute atomic E-state index is 0.0875. The Morgan fingerprint density at radius 3 is 2.65 bits per heavy atom. The van der Waals surface area contributed by atoms with Gasteiger partial charge in [-0.25, -0.2) is 0 Å². The average molecular weight is 301 g/mol. The van der Waals surface area contributed by atoms with E-state index < -0.39 is 11.8 Å². The van der Waals surface area contributed by atoms with Crippen molar-refractivity contribution in [3.63, 3.8) is 0 Å². The molecule has 0 bridgehead atoms. The van der Waals surface area contributed by atoms with Crippen LogP contribution in [0.4, 0.5) is 4.79 Å². The molecule has 7 nitrogen and oxygen atoms in total. The third-order valence-corrected chi connectivity index (χ3v) is 3.71. The predicted molar refractivity (Wildman–Crippen MR) is 75.1 cm³/mol. The first-order valence-corrected chi connectivity index (χ1v) is 7.46. The van der Waals surface area contributed by atoms with Crippen molar-refractivity contribution in [3.05, 3.63) is 0 Å². The largest absolute Gasteiger partial charge is 0.346 e. The van der Waals surface area contributed by atoms with Crippen molar-refractivity contribution in [2.24, 2.45) is 0 Å². The predicted octanol–water partition coefficient (Wildman–Crippen LogP) is 0.0565. The third-order valence-electron chi connectivity index (χ3n) is 2.85. The van der Waals surface area contributed by atoms with Crippen LogP contribution >= 0.6 is 11.8 Å². The van der Waals surface area contributed by atoms with Crippen LogP contribution in [0.2, 0.25) is 0 Å². The summed E-state index contributed by atoms with van der Waals surface area (Å²) in [6, 6.07) is 0. The van der Waals surface area contributed by atoms with Crippen molar-refractivity contribution in [3.8, 4) is 0 Å². The average Bonchev–Trinajstić information content (AvgIpc) is 2.75. The fraction of sp³-hybridized carbons (Fsp3) is 0.667. The molecule has 0 atom stereocenters. The monoisotopic (exact) mass is 301 g/mol. The number of nitrogens with zero attached hydrogens (tertiary/aromatic N) is 2. The van der Waals surface area contributed by atoms with E-state index in [0.29, 0.717) is 6.54 Å². The number of imide groups is 1. The number of unbranched alkanes of at least 4 members (excludes halogenated alkanes) is 1. The van der Waals surface area contributed by atoms with E-state index in [4.69, 9.17) is 0 Å². The smallest absolute Gasteiger partial charge is 0.311 e. The number of hydrogen-bond acceptors (Lipinski definition) is 5. The SMILES string of the molecule is CCCCN(C)C(=O)C(=O)NCCN1C(=O)CSC1=O. The Morgan fingerprint density at radius 1 is 1.40 bits per heavy atom. The van der Waals surface area contributed by atoms with E-state index in [1.54, 1.807) is 7.05 Å². The van der Waals surface area contributed by atoms with E-state index in [9.17, 15) is 19.2 Å². The minimum Gasteiger partial charge on any atom is -0.346 e. The highest BCUT2D eigenvalue weighted by Gasteiger charge is 2.29. The third kappa shape index (κ3) is 4.52. The van der Waals surface area contributed by atoms with Crippen molar-refractivity contribution in [1.29, 1.82) is 0 Å². The van der Waals surface area contributed by atoms with Crippen molar-refractivity contribution >= 4 is 34.7 Å². The van der Waals surface area contributed by atoms with Gasteiger partial charge in [0, 0.05) is 26.7 Å². The van der Waals surface area contributed by atoms with E-state index in [2.05, 4.69) is 5.32 Å². The molecule has 0 aromatic rings. The zero-order valence-electron chi connectivity index (χ0n) is 11.7. The van der Waals surface area contributed by atoms with Crippen molar-refractivity contribution in [2.45, 2.75) is 19.8 Å². The topological polar surface area (TPSA) is 86.8 Å². The quantitative estimate of drug-likeness (QED) is 0.701. The first kappa shape index (κ1) is 16.5. The maximum atomic E-state index is 11.7. The molecular weight excluding hydrogens is 282 g/mol. The molecule has 1 rings (SSSR count). The van der Waals surface area contributed by atoms with E-state index >= 15 is 0 Å². The standard InChI is InChI=1S/C12H19N3O4S/c1-3-4-6-14(2)11(18)10(17)13-5-7-15-9(16)8-20-12(15)19/h3-8H2,1-2H3,(H,13,17). The fourth-order valence-corrected chi connectivity index (χ4v) is 2.38. The molecule has 4 amide bonds. The number of carbonyl (C=O) groups is 4. The second-order valence-electron chi connectivity index (χ2n) is 4.44. The summed E-state index contributed by atoms with van der Waals surface area (Å²) in [4.78, 5) is 48.3. The summed E-state index contributed by atoms with van der Waals surface area (Å²) in [5.74, 6) is -1.44. The minimum atomic E-state index is -0.713. The van der Waals surface area contributed by atoms with Gasteiger partial charge in [-0.05, 0) is 6.42 Å². The molecule has 1 aliphatic heterocycles. The summed E-state index contributed by atoms with van der Waals surface area (Å²) in [5, 5.41) is 2.11. The summed E-state index contributed by atoms with van der Waals surface area (Å²) in [6.07, 6.45) is 1.78. The molecule has 1 N–H and O–H groups in total. The summed E-state index contributed by atoms with van der Waals surface area (Å²) < 4.78 is 0. The van der Waals surface area contributed by atoms with E-state index in [1.165, 1.54) is 4.90 Å². The molecule has 0 aromatic heterocycles. The van der Waals surface area contributed by atoms with Crippen LogP contribution in [0, 0.1) is 0 Å². The van der Waals surface area contributed by atoms with Gasteiger partial charge < -0.3 is 10.2 Å². The van der Waals surface area contributed by atoms with Gasteiger partial charge >= 0.3 is 11.8 Å². The lowest BCUT2D eigenvalue weighted by atomic mass is 10.3. The van der Waals surface area contributed by atoms with Gasteiger partial charge in [-0.15, -0.1) is 0 Å². The summed E-state index contributed by atoms with van der Waals surface area (Å²) in [6.45, 7) is 2.72. The zero-order valence-corrected chi connectivity index (χ0v) is 12.5. The first-order chi connectivity index (χ1) is 9.47. The molecule has 1 saturated heterocycles. The number of likely N-dealkylation sites (N-methyl/N-ethyl adjacent to an activating group) is 1. The molecule has 1 aliphatic rings. The Morgan fingerprint density at radius 2 is 2.10 bits per heavy atom. The first-order valence-electron chi connectivity index (χ1n) is 6.47. The van der Waals surface area contributed by atoms with Crippen LogP contribution in [0.3, 0.4) is 0 Å². The number of nitrogens with one attached hydrogen (secondary N) is 1. The van der Waals surface area contributed by atoms with Crippen LogP contribution in [-0.4, -0.2) is 65.2 Å². The molecular formula is C12H19N3O4S. The molecule has 1 fully saturated rings. The van der Waals surface area contributed by atoms with Crippen LogP contribution in [-0.2, 0) is 14.4 Å². The fourth-order valence-electron chi connectivity index (χ4n) is 1.62. The van der Waals surface area contributed by atoms with E-state index in [-0.39, 0.29) is 30.0 Å². The van der Waals surface area contributed by atoms with Crippen molar-refractivity contribution < 1.29 is 19.2 Å². The van der Waals surface area contributed by atoms with Gasteiger partial charge in [0.15, 0.2) is 0 Å². The van der Waals surface area contributed by atoms with Crippen molar-refractivity contribution in [1.82, 2.24) is 15.1 Å². The molecule has 0 spiro atoms. The van der Waals surface area contributed by atoms with Crippen LogP contribution in [0.1, 0.15) is 19.8 Å². The molecule has 112 valence electrons. The van der Waals surface area contributed by atoms with E-state index in [0.717, 1.165) is 29.5 Å². The highest BCUT2D eigenvalue weighted by atomic mass is 32.2. The Hall–Kier alpha value is -1.57. The van der Waals surface area contributed by atoms with Crippen molar-refractivity contribution in [2.75, 3.05) is 32.4 Å². The Balaban J connectivity index is 2.30. The van der Waals surface area contributed by atoms with Crippen LogP contribution < -0.4 is 5.32 Å². The van der Waals surface area contributed by atoms with Crippen LogP contribution in [0.5, 0.6) is 0 Å². The number of rotatable bonds is 6. The van der Waals surface area contributed by atoms with Gasteiger partial charge in [0.2, 0.25) is 5.91 Å². The Labute approximate surface area is 122 Å². The second-order valence-corrected chi connectivity index (χ2v) is 5.36. The van der Waals surface area contributed by atoms with Gasteiger partial charge in [-0.3, -0.25) is 24.1 Å². The highest BCUT2D eigenvalue weighted by molar-refractivity contribution is 8.14. The molecule has 20 heavy (non-hydrogen) atoms. The van der Waals surface area contributed by atoms with E-state index in [1.807, 2.05) is 6.92 Å². The van der Waals surface area contributed by atoms with Gasteiger partial charge in [0.25, 0.3) is 5.24 Å². The van der Waals surface area contributed by atoms with Gasteiger partial charge in [0.1, 0.15) is 0 Å². The molecule has 0 aliphatic carbocycles.